The fourth-order valence-electron chi connectivity index (χ4n) is 1.64. The molecular formula is C12H26ClNO2S. The van der Waals surface area contributed by atoms with Crippen molar-refractivity contribution in [1.82, 2.24) is 5.32 Å². The second kappa shape index (κ2) is 7.59. The molecule has 0 aromatic carbocycles. The summed E-state index contributed by atoms with van der Waals surface area (Å²) in [6.45, 7) is 9.48. The molecule has 0 heterocycles. The number of hydrogen-bond donors (Lipinski definition) is 1. The van der Waals surface area contributed by atoms with Gasteiger partial charge in [0.05, 0.1) is 5.75 Å². The van der Waals surface area contributed by atoms with E-state index < -0.39 is 9.84 Å². The average Bonchev–Trinajstić information content (AvgIpc) is 2.09. The SMILES string of the molecule is CCCS(=O)(=O)CCNCC(Cl)CC(C)(C)C. The van der Waals surface area contributed by atoms with Gasteiger partial charge >= 0.3 is 0 Å². The van der Waals surface area contributed by atoms with Gasteiger partial charge in [-0.15, -0.1) is 11.6 Å². The zero-order valence-corrected chi connectivity index (χ0v) is 13.0. The quantitative estimate of drug-likeness (QED) is 0.550. The highest BCUT2D eigenvalue weighted by Crippen LogP contribution is 2.23. The highest BCUT2D eigenvalue weighted by molar-refractivity contribution is 7.91. The van der Waals surface area contributed by atoms with Gasteiger partial charge in [0.15, 0.2) is 9.84 Å². The van der Waals surface area contributed by atoms with Crippen LogP contribution in [0.5, 0.6) is 0 Å². The van der Waals surface area contributed by atoms with E-state index in [1.165, 1.54) is 0 Å². The summed E-state index contributed by atoms with van der Waals surface area (Å²) in [6, 6.07) is 0. The third kappa shape index (κ3) is 11.0. The molecule has 5 heteroatoms. The van der Waals surface area contributed by atoms with E-state index in [0.717, 1.165) is 6.42 Å². The minimum atomic E-state index is -2.87. The van der Waals surface area contributed by atoms with Crippen molar-refractivity contribution in [1.29, 1.82) is 0 Å². The van der Waals surface area contributed by atoms with Crippen LogP contribution in [0.15, 0.2) is 0 Å². The largest absolute Gasteiger partial charge is 0.314 e. The molecule has 0 aromatic heterocycles. The maximum atomic E-state index is 11.4. The van der Waals surface area contributed by atoms with Crippen LogP contribution in [-0.4, -0.2) is 38.4 Å². The second-order valence-corrected chi connectivity index (χ2v) is 8.64. The van der Waals surface area contributed by atoms with E-state index in [0.29, 0.717) is 19.5 Å². The van der Waals surface area contributed by atoms with Crippen molar-refractivity contribution in [3.05, 3.63) is 0 Å². The van der Waals surface area contributed by atoms with Crippen molar-refractivity contribution >= 4 is 21.4 Å². The molecule has 0 saturated heterocycles. The molecule has 1 unspecified atom stereocenters. The summed E-state index contributed by atoms with van der Waals surface area (Å²) in [6.07, 6.45) is 1.60. The molecule has 17 heavy (non-hydrogen) atoms. The van der Waals surface area contributed by atoms with Gasteiger partial charge < -0.3 is 5.32 Å². The maximum Gasteiger partial charge on any atom is 0.151 e. The lowest BCUT2D eigenvalue weighted by Gasteiger charge is -2.22. The lowest BCUT2D eigenvalue weighted by atomic mass is 9.90. The number of nitrogens with one attached hydrogen (secondary N) is 1. The Kier molecular flexibility index (Phi) is 7.68. The van der Waals surface area contributed by atoms with Crippen molar-refractivity contribution in [3.8, 4) is 0 Å². The summed E-state index contributed by atoms with van der Waals surface area (Å²) in [5.41, 5.74) is 0.211. The minimum Gasteiger partial charge on any atom is -0.314 e. The molecule has 1 N–H and O–H groups in total. The number of rotatable bonds is 8. The molecule has 0 rings (SSSR count). The van der Waals surface area contributed by atoms with Crippen LogP contribution < -0.4 is 5.32 Å². The number of alkyl halides is 1. The van der Waals surface area contributed by atoms with Gasteiger partial charge in [0, 0.05) is 24.2 Å². The lowest BCUT2D eigenvalue weighted by Crippen LogP contribution is -2.31. The normalized spacial score (nSPS) is 14.9. The van der Waals surface area contributed by atoms with Gasteiger partial charge in [0.25, 0.3) is 0 Å². The van der Waals surface area contributed by atoms with Gasteiger partial charge in [-0.05, 0) is 18.3 Å². The third-order valence-corrected chi connectivity index (χ3v) is 4.47. The Morgan fingerprint density at radius 3 is 2.29 bits per heavy atom. The Labute approximate surface area is 111 Å². The Morgan fingerprint density at radius 1 is 1.24 bits per heavy atom. The standard InChI is InChI=1S/C12H26ClNO2S/c1-5-7-17(15,16)8-6-14-10-11(13)9-12(2,3)4/h11,14H,5-10H2,1-4H3. The van der Waals surface area contributed by atoms with E-state index in [4.69, 9.17) is 11.6 Å². The first-order chi connectivity index (χ1) is 7.66. The van der Waals surface area contributed by atoms with Gasteiger partial charge in [-0.1, -0.05) is 27.7 Å². The monoisotopic (exact) mass is 283 g/mol. The topological polar surface area (TPSA) is 46.2 Å². The number of halogens is 1. The van der Waals surface area contributed by atoms with E-state index in [1.54, 1.807) is 0 Å². The van der Waals surface area contributed by atoms with Gasteiger partial charge in [-0.2, -0.15) is 0 Å². The van der Waals surface area contributed by atoms with E-state index in [-0.39, 0.29) is 22.3 Å². The van der Waals surface area contributed by atoms with Crippen LogP contribution in [0.4, 0.5) is 0 Å². The summed E-state index contributed by atoms with van der Waals surface area (Å²) in [5.74, 6) is 0.487. The van der Waals surface area contributed by atoms with Crippen LogP contribution in [-0.2, 0) is 9.84 Å². The Bertz CT molecular complexity index is 296. The third-order valence-electron chi connectivity index (χ3n) is 2.30. The Hall–Kier alpha value is 0.200. The zero-order valence-electron chi connectivity index (χ0n) is 11.4. The van der Waals surface area contributed by atoms with Crippen LogP contribution in [0.2, 0.25) is 0 Å². The average molecular weight is 284 g/mol. The van der Waals surface area contributed by atoms with E-state index >= 15 is 0 Å². The Balaban J connectivity index is 3.72. The van der Waals surface area contributed by atoms with Crippen LogP contribution in [0.3, 0.4) is 0 Å². The smallest absolute Gasteiger partial charge is 0.151 e. The molecule has 3 nitrogen and oxygen atoms in total. The van der Waals surface area contributed by atoms with E-state index in [2.05, 4.69) is 26.1 Å². The molecule has 0 aliphatic carbocycles. The molecule has 1 atom stereocenters. The molecule has 0 aromatic rings. The fraction of sp³-hybridized carbons (Fsp3) is 1.00. The lowest BCUT2D eigenvalue weighted by molar-refractivity contribution is 0.365. The maximum absolute atomic E-state index is 11.4. The molecule has 0 fully saturated rings. The van der Waals surface area contributed by atoms with Crippen molar-refractivity contribution < 1.29 is 8.42 Å². The molecule has 104 valence electrons. The molecule has 0 radical (unpaired) electrons. The predicted molar refractivity (Wildman–Crippen MR) is 75.5 cm³/mol. The molecule has 0 aliphatic heterocycles. The van der Waals surface area contributed by atoms with Gasteiger partial charge in [0.1, 0.15) is 0 Å². The molecule has 0 saturated carbocycles. The van der Waals surface area contributed by atoms with Crippen LogP contribution in [0.1, 0.15) is 40.5 Å². The van der Waals surface area contributed by atoms with Crippen LogP contribution in [0, 0.1) is 5.41 Å². The second-order valence-electron chi connectivity index (χ2n) is 5.72. The molecule has 0 amide bonds. The minimum absolute atomic E-state index is 0.0591. The van der Waals surface area contributed by atoms with Crippen molar-refractivity contribution in [2.24, 2.45) is 5.41 Å². The highest BCUT2D eigenvalue weighted by atomic mass is 35.5. The molecular weight excluding hydrogens is 258 g/mol. The first kappa shape index (κ1) is 17.2. The number of sulfone groups is 1. The van der Waals surface area contributed by atoms with Crippen molar-refractivity contribution in [3.63, 3.8) is 0 Å². The predicted octanol–water partition coefficient (Wildman–Crippen LogP) is 2.44. The summed E-state index contributed by atoms with van der Waals surface area (Å²) in [7, 11) is -2.87. The fourth-order valence-corrected chi connectivity index (χ4v) is 3.49. The van der Waals surface area contributed by atoms with Crippen LogP contribution >= 0.6 is 11.6 Å². The van der Waals surface area contributed by atoms with Gasteiger partial charge in [-0.25, -0.2) is 8.42 Å². The summed E-state index contributed by atoms with van der Waals surface area (Å²) in [5, 5.41) is 3.17. The van der Waals surface area contributed by atoms with Gasteiger partial charge in [0.2, 0.25) is 0 Å². The molecule has 0 aliphatic rings. The summed E-state index contributed by atoms with van der Waals surface area (Å²) in [4.78, 5) is 0. The molecule has 0 bridgehead atoms. The van der Waals surface area contributed by atoms with E-state index in [1.807, 2.05) is 6.92 Å². The van der Waals surface area contributed by atoms with E-state index in [9.17, 15) is 8.42 Å². The first-order valence-corrected chi connectivity index (χ1v) is 8.47. The molecule has 0 spiro atoms. The zero-order chi connectivity index (χ0) is 13.5. The first-order valence-electron chi connectivity index (χ1n) is 6.21. The van der Waals surface area contributed by atoms with Crippen LogP contribution in [0.25, 0.3) is 0 Å². The highest BCUT2D eigenvalue weighted by Gasteiger charge is 2.16. The Morgan fingerprint density at radius 2 is 1.82 bits per heavy atom. The summed E-state index contributed by atoms with van der Waals surface area (Å²) < 4.78 is 22.9. The number of hydrogen-bond acceptors (Lipinski definition) is 3. The van der Waals surface area contributed by atoms with Gasteiger partial charge in [-0.3, -0.25) is 0 Å². The summed E-state index contributed by atoms with van der Waals surface area (Å²) >= 11 is 6.16. The van der Waals surface area contributed by atoms with Crippen molar-refractivity contribution in [2.75, 3.05) is 24.6 Å². The van der Waals surface area contributed by atoms with Crippen molar-refractivity contribution in [2.45, 2.75) is 45.9 Å².